The molecule has 3 aromatic carbocycles. The molecule has 0 bridgehead atoms. The molecular weight excluding hydrogens is 418 g/mol. The zero-order valence-corrected chi connectivity index (χ0v) is 16.6. The highest BCUT2D eigenvalue weighted by atomic mass is 79.9. The molecular formula is C22H16BrN3O2. The number of halogens is 1. The average molecular weight is 434 g/mol. The third kappa shape index (κ3) is 3.34. The predicted octanol–water partition coefficient (Wildman–Crippen LogP) is 6.19. The van der Waals surface area contributed by atoms with E-state index < -0.39 is 0 Å². The van der Waals surface area contributed by atoms with Crippen LogP contribution in [0, 0.1) is 17.0 Å². The van der Waals surface area contributed by atoms with Crippen LogP contribution in [0.5, 0.6) is 0 Å². The summed E-state index contributed by atoms with van der Waals surface area (Å²) in [4.78, 5) is 10.6. The van der Waals surface area contributed by atoms with Gasteiger partial charge in [-0.05, 0) is 48.9 Å². The summed E-state index contributed by atoms with van der Waals surface area (Å²) in [6.45, 7) is 2.01. The van der Waals surface area contributed by atoms with Gasteiger partial charge in [0.2, 0.25) is 0 Å². The van der Waals surface area contributed by atoms with Crippen LogP contribution in [-0.4, -0.2) is 14.7 Å². The molecule has 1 aromatic heterocycles. The van der Waals surface area contributed by atoms with Gasteiger partial charge in [0.25, 0.3) is 5.69 Å². The van der Waals surface area contributed by atoms with Crippen molar-refractivity contribution in [2.45, 2.75) is 6.92 Å². The number of benzene rings is 3. The van der Waals surface area contributed by atoms with Crippen molar-refractivity contribution in [1.82, 2.24) is 9.78 Å². The van der Waals surface area contributed by atoms with Gasteiger partial charge < -0.3 is 0 Å². The van der Waals surface area contributed by atoms with Gasteiger partial charge in [-0.2, -0.15) is 5.10 Å². The van der Waals surface area contributed by atoms with E-state index >= 15 is 0 Å². The number of para-hydroxylation sites is 1. The Kier molecular flexibility index (Phi) is 4.79. The standard InChI is InChI=1S/C22H16BrN3O2/c1-15-21(16-9-13-20(14-10-16)26(27)28)22(17-7-11-18(23)12-8-17)24-25(15)19-5-3-2-4-6-19/h2-14H,1H3. The maximum Gasteiger partial charge on any atom is 0.269 e. The van der Waals surface area contributed by atoms with Gasteiger partial charge in [0.15, 0.2) is 0 Å². The number of rotatable bonds is 4. The summed E-state index contributed by atoms with van der Waals surface area (Å²) < 4.78 is 2.90. The van der Waals surface area contributed by atoms with E-state index in [2.05, 4.69) is 15.9 Å². The van der Waals surface area contributed by atoms with Crippen LogP contribution in [0.15, 0.2) is 83.3 Å². The van der Waals surface area contributed by atoms with Crippen LogP contribution in [0.2, 0.25) is 0 Å². The van der Waals surface area contributed by atoms with Crippen molar-refractivity contribution in [3.05, 3.63) is 99.1 Å². The molecule has 5 nitrogen and oxygen atoms in total. The lowest BCUT2D eigenvalue weighted by molar-refractivity contribution is -0.384. The normalized spacial score (nSPS) is 10.8. The molecule has 138 valence electrons. The maximum absolute atomic E-state index is 11.0. The second-order valence-corrected chi connectivity index (χ2v) is 7.28. The van der Waals surface area contributed by atoms with Gasteiger partial charge in [-0.3, -0.25) is 10.1 Å². The van der Waals surface area contributed by atoms with Crippen LogP contribution in [0.25, 0.3) is 28.1 Å². The Hall–Kier alpha value is -3.25. The van der Waals surface area contributed by atoms with Crippen LogP contribution in [0.1, 0.15) is 5.69 Å². The molecule has 0 atom stereocenters. The van der Waals surface area contributed by atoms with Crippen molar-refractivity contribution < 1.29 is 4.92 Å². The monoisotopic (exact) mass is 433 g/mol. The lowest BCUT2D eigenvalue weighted by Gasteiger charge is -2.06. The Balaban J connectivity index is 1.93. The van der Waals surface area contributed by atoms with Crippen LogP contribution < -0.4 is 0 Å². The summed E-state index contributed by atoms with van der Waals surface area (Å²) in [6.07, 6.45) is 0. The van der Waals surface area contributed by atoms with Crippen molar-refractivity contribution in [3.8, 4) is 28.1 Å². The van der Waals surface area contributed by atoms with E-state index in [9.17, 15) is 10.1 Å². The summed E-state index contributed by atoms with van der Waals surface area (Å²) in [6, 6.07) is 24.5. The number of nitro groups is 1. The zero-order valence-electron chi connectivity index (χ0n) is 15.0. The zero-order chi connectivity index (χ0) is 19.7. The maximum atomic E-state index is 11.0. The van der Waals surface area contributed by atoms with Crippen molar-refractivity contribution in [2.24, 2.45) is 0 Å². The van der Waals surface area contributed by atoms with Crippen LogP contribution >= 0.6 is 15.9 Å². The van der Waals surface area contributed by atoms with Crippen molar-refractivity contribution >= 4 is 21.6 Å². The number of hydrogen-bond donors (Lipinski definition) is 0. The van der Waals surface area contributed by atoms with Gasteiger partial charge in [-0.1, -0.05) is 46.3 Å². The Morgan fingerprint density at radius 2 is 1.50 bits per heavy atom. The minimum atomic E-state index is -0.389. The second kappa shape index (κ2) is 7.40. The fourth-order valence-electron chi connectivity index (χ4n) is 3.23. The highest BCUT2D eigenvalue weighted by Crippen LogP contribution is 2.36. The molecule has 4 rings (SSSR count). The highest BCUT2D eigenvalue weighted by Gasteiger charge is 2.19. The summed E-state index contributed by atoms with van der Waals surface area (Å²) in [5.41, 5.74) is 5.67. The summed E-state index contributed by atoms with van der Waals surface area (Å²) in [5.74, 6) is 0. The van der Waals surface area contributed by atoms with E-state index in [0.29, 0.717) is 0 Å². The number of nitro benzene ring substituents is 1. The molecule has 0 aliphatic carbocycles. The van der Waals surface area contributed by atoms with E-state index in [1.807, 2.05) is 66.2 Å². The Morgan fingerprint density at radius 3 is 2.11 bits per heavy atom. The van der Waals surface area contributed by atoms with Crippen molar-refractivity contribution in [3.63, 3.8) is 0 Å². The van der Waals surface area contributed by atoms with Crippen LogP contribution in [0.4, 0.5) is 5.69 Å². The number of non-ortho nitro benzene ring substituents is 1. The molecule has 0 saturated heterocycles. The summed E-state index contributed by atoms with van der Waals surface area (Å²) >= 11 is 3.47. The summed E-state index contributed by atoms with van der Waals surface area (Å²) in [5, 5.41) is 15.9. The molecule has 0 saturated carbocycles. The SMILES string of the molecule is Cc1c(-c2ccc([N+](=O)[O-])cc2)c(-c2ccc(Br)cc2)nn1-c1ccccc1. The van der Waals surface area contributed by atoms with Gasteiger partial charge in [0.05, 0.1) is 10.6 Å². The number of nitrogens with zero attached hydrogens (tertiary/aromatic N) is 3. The van der Waals surface area contributed by atoms with E-state index in [4.69, 9.17) is 5.10 Å². The molecule has 0 spiro atoms. The molecule has 0 aliphatic heterocycles. The quantitative estimate of drug-likeness (QED) is 0.284. The van der Waals surface area contributed by atoms with E-state index in [0.717, 1.165) is 38.2 Å². The fourth-order valence-corrected chi connectivity index (χ4v) is 3.49. The molecule has 1 heterocycles. The first-order valence-corrected chi connectivity index (χ1v) is 9.49. The lowest BCUT2D eigenvalue weighted by Crippen LogP contribution is -1.98. The van der Waals surface area contributed by atoms with Gasteiger partial charge in [-0.25, -0.2) is 4.68 Å². The average Bonchev–Trinajstić information content (AvgIpc) is 3.06. The van der Waals surface area contributed by atoms with Crippen molar-refractivity contribution in [1.29, 1.82) is 0 Å². The molecule has 0 N–H and O–H groups in total. The molecule has 0 unspecified atom stereocenters. The first-order valence-electron chi connectivity index (χ1n) is 8.70. The highest BCUT2D eigenvalue weighted by molar-refractivity contribution is 9.10. The Labute approximate surface area is 170 Å². The van der Waals surface area contributed by atoms with E-state index in [-0.39, 0.29) is 10.6 Å². The van der Waals surface area contributed by atoms with Gasteiger partial charge in [0, 0.05) is 33.4 Å². The van der Waals surface area contributed by atoms with Gasteiger partial charge >= 0.3 is 0 Å². The van der Waals surface area contributed by atoms with Gasteiger partial charge in [-0.15, -0.1) is 0 Å². The first-order chi connectivity index (χ1) is 13.5. The molecule has 0 aliphatic rings. The van der Waals surface area contributed by atoms with E-state index in [1.165, 1.54) is 12.1 Å². The van der Waals surface area contributed by atoms with Crippen LogP contribution in [-0.2, 0) is 0 Å². The lowest BCUT2D eigenvalue weighted by atomic mass is 9.99. The second-order valence-electron chi connectivity index (χ2n) is 6.37. The number of hydrogen-bond acceptors (Lipinski definition) is 3. The number of aromatic nitrogens is 2. The smallest absolute Gasteiger partial charge is 0.258 e. The molecule has 28 heavy (non-hydrogen) atoms. The molecule has 0 radical (unpaired) electrons. The Bertz CT molecular complexity index is 1140. The minimum Gasteiger partial charge on any atom is -0.258 e. The third-order valence-electron chi connectivity index (χ3n) is 4.60. The molecule has 6 heteroatoms. The molecule has 4 aromatic rings. The van der Waals surface area contributed by atoms with E-state index in [1.54, 1.807) is 12.1 Å². The molecule has 0 amide bonds. The molecule has 0 fully saturated rings. The van der Waals surface area contributed by atoms with Crippen molar-refractivity contribution in [2.75, 3.05) is 0 Å². The minimum absolute atomic E-state index is 0.0713. The Morgan fingerprint density at radius 1 is 0.893 bits per heavy atom. The first kappa shape index (κ1) is 18.1. The fraction of sp³-hybridized carbons (Fsp3) is 0.0455. The third-order valence-corrected chi connectivity index (χ3v) is 5.13. The van der Waals surface area contributed by atoms with Crippen LogP contribution in [0.3, 0.4) is 0 Å². The van der Waals surface area contributed by atoms with Gasteiger partial charge in [0.1, 0.15) is 5.69 Å². The summed E-state index contributed by atoms with van der Waals surface area (Å²) in [7, 11) is 0. The largest absolute Gasteiger partial charge is 0.269 e. The topological polar surface area (TPSA) is 61.0 Å². The predicted molar refractivity (Wildman–Crippen MR) is 114 cm³/mol.